The third kappa shape index (κ3) is 5.42. The van der Waals surface area contributed by atoms with E-state index in [-0.39, 0.29) is 48.9 Å². The number of ether oxygens (including phenoxy) is 4. The van der Waals surface area contributed by atoms with Crippen molar-refractivity contribution in [2.24, 2.45) is 5.92 Å². The monoisotopic (exact) mass is 383 g/mol. The lowest BCUT2D eigenvalue weighted by molar-refractivity contribution is -0.208. The molecule has 3 fully saturated rings. The molecule has 0 aliphatic carbocycles. The number of hydrogen-bond donors (Lipinski definition) is 0. The molecule has 0 aromatic rings. The summed E-state index contributed by atoms with van der Waals surface area (Å²) in [5, 5.41) is 0. The lowest BCUT2D eigenvalue weighted by Gasteiger charge is -2.50. The molecule has 3 aliphatic rings. The Morgan fingerprint density at radius 2 is 1.70 bits per heavy atom. The minimum atomic E-state index is -0.197. The number of rotatable bonds is 7. The summed E-state index contributed by atoms with van der Waals surface area (Å²) in [6.07, 6.45) is 6.24. The standard InChI is InChI=1S/C20H33NO6/c1-3-24-18(22)13-21-15-9-14(20(23)25-4-2)10-16(21)12-17(11-15)27-19-7-5-6-8-26-19/h14-17,19H,3-13H2,1-2H3/t14?,15-,16+,17?,19?. The van der Waals surface area contributed by atoms with Crippen molar-refractivity contribution in [3.8, 4) is 0 Å². The first-order chi connectivity index (χ1) is 13.1. The summed E-state index contributed by atoms with van der Waals surface area (Å²) in [5.41, 5.74) is 0. The maximum Gasteiger partial charge on any atom is 0.320 e. The van der Waals surface area contributed by atoms with E-state index in [2.05, 4.69) is 4.90 Å². The lowest BCUT2D eigenvalue weighted by Crippen LogP contribution is -2.58. The molecule has 0 radical (unpaired) electrons. The maximum atomic E-state index is 12.3. The summed E-state index contributed by atoms with van der Waals surface area (Å²) in [5.74, 6) is -0.402. The van der Waals surface area contributed by atoms with Gasteiger partial charge in [-0.05, 0) is 58.8 Å². The topological polar surface area (TPSA) is 74.3 Å². The third-order valence-corrected chi connectivity index (χ3v) is 5.84. The van der Waals surface area contributed by atoms with Crippen molar-refractivity contribution in [1.82, 2.24) is 4.90 Å². The largest absolute Gasteiger partial charge is 0.466 e. The molecule has 154 valence electrons. The van der Waals surface area contributed by atoms with E-state index in [1.54, 1.807) is 0 Å². The Hall–Kier alpha value is -1.18. The molecule has 0 aromatic carbocycles. The van der Waals surface area contributed by atoms with E-state index in [1.165, 1.54) is 0 Å². The van der Waals surface area contributed by atoms with E-state index >= 15 is 0 Å². The van der Waals surface area contributed by atoms with Crippen molar-refractivity contribution in [3.63, 3.8) is 0 Å². The van der Waals surface area contributed by atoms with Crippen LogP contribution in [0.15, 0.2) is 0 Å². The minimum absolute atomic E-state index is 0.0923. The minimum Gasteiger partial charge on any atom is -0.466 e. The molecule has 0 aromatic heterocycles. The molecule has 0 spiro atoms. The molecule has 3 unspecified atom stereocenters. The molecule has 7 heteroatoms. The van der Waals surface area contributed by atoms with Crippen molar-refractivity contribution < 1.29 is 28.5 Å². The van der Waals surface area contributed by atoms with Gasteiger partial charge in [0.1, 0.15) is 0 Å². The lowest BCUT2D eigenvalue weighted by atomic mass is 9.77. The van der Waals surface area contributed by atoms with Crippen molar-refractivity contribution in [2.45, 2.75) is 83.3 Å². The summed E-state index contributed by atoms with van der Waals surface area (Å²) in [4.78, 5) is 26.5. The van der Waals surface area contributed by atoms with Crippen LogP contribution in [0.2, 0.25) is 0 Å². The Balaban J connectivity index is 1.63. The normalized spacial score (nSPS) is 34.1. The molecule has 7 nitrogen and oxygen atoms in total. The average Bonchev–Trinajstić information content (AvgIpc) is 2.63. The molecule has 5 atom stereocenters. The third-order valence-electron chi connectivity index (χ3n) is 5.84. The first kappa shape index (κ1) is 20.6. The van der Waals surface area contributed by atoms with E-state index in [4.69, 9.17) is 18.9 Å². The van der Waals surface area contributed by atoms with Crippen LogP contribution in [0, 0.1) is 5.92 Å². The van der Waals surface area contributed by atoms with Crippen LogP contribution in [0.5, 0.6) is 0 Å². The molecule has 3 saturated heterocycles. The Kier molecular flexibility index (Phi) is 7.49. The van der Waals surface area contributed by atoms with Crippen molar-refractivity contribution in [1.29, 1.82) is 0 Å². The number of hydrogen-bond acceptors (Lipinski definition) is 7. The van der Waals surface area contributed by atoms with Gasteiger partial charge in [-0.1, -0.05) is 0 Å². The second-order valence-electron chi connectivity index (χ2n) is 7.73. The van der Waals surface area contributed by atoms with Gasteiger partial charge in [-0.2, -0.15) is 0 Å². The smallest absolute Gasteiger partial charge is 0.320 e. The van der Waals surface area contributed by atoms with E-state index < -0.39 is 0 Å². The molecular weight excluding hydrogens is 350 g/mol. The first-order valence-electron chi connectivity index (χ1n) is 10.5. The summed E-state index contributed by atoms with van der Waals surface area (Å²) in [7, 11) is 0. The van der Waals surface area contributed by atoms with Gasteiger partial charge in [-0.3, -0.25) is 14.5 Å². The van der Waals surface area contributed by atoms with Gasteiger partial charge in [0.15, 0.2) is 6.29 Å². The fourth-order valence-corrected chi connectivity index (χ4v) is 4.70. The molecule has 0 amide bonds. The number of carbonyl (C=O) groups excluding carboxylic acids is 2. The summed E-state index contributed by atoms with van der Waals surface area (Å²) in [6, 6.07) is 0.259. The molecule has 3 aliphatic heterocycles. The van der Waals surface area contributed by atoms with Gasteiger partial charge in [-0.15, -0.1) is 0 Å². The highest BCUT2D eigenvalue weighted by Crippen LogP contribution is 2.39. The quantitative estimate of drug-likeness (QED) is 0.624. The van der Waals surface area contributed by atoms with E-state index in [0.717, 1.165) is 38.7 Å². The summed E-state index contributed by atoms with van der Waals surface area (Å²) < 4.78 is 22.4. The van der Waals surface area contributed by atoms with Crippen LogP contribution in [0.1, 0.15) is 58.8 Å². The van der Waals surface area contributed by atoms with E-state index in [0.29, 0.717) is 26.1 Å². The highest BCUT2D eigenvalue weighted by Gasteiger charge is 2.45. The van der Waals surface area contributed by atoms with Gasteiger partial charge < -0.3 is 18.9 Å². The first-order valence-corrected chi connectivity index (χ1v) is 10.5. The Morgan fingerprint density at radius 1 is 1.00 bits per heavy atom. The molecule has 0 N–H and O–H groups in total. The fraction of sp³-hybridized carbons (Fsp3) is 0.900. The van der Waals surface area contributed by atoms with Crippen molar-refractivity contribution in [3.05, 3.63) is 0 Å². The molecule has 3 heterocycles. The zero-order valence-corrected chi connectivity index (χ0v) is 16.6. The van der Waals surface area contributed by atoms with Gasteiger partial charge >= 0.3 is 11.9 Å². The zero-order valence-electron chi connectivity index (χ0n) is 16.6. The van der Waals surface area contributed by atoms with E-state index in [9.17, 15) is 9.59 Å². The zero-order chi connectivity index (χ0) is 19.2. The van der Waals surface area contributed by atoms with Crippen molar-refractivity contribution in [2.75, 3.05) is 26.4 Å². The van der Waals surface area contributed by atoms with Gasteiger partial charge in [-0.25, -0.2) is 0 Å². The second kappa shape index (κ2) is 9.85. The predicted octanol–water partition coefficient (Wildman–Crippen LogP) is 2.27. The summed E-state index contributed by atoms with van der Waals surface area (Å²) in [6.45, 7) is 5.50. The van der Waals surface area contributed by atoms with Gasteiger partial charge in [0.25, 0.3) is 0 Å². The van der Waals surface area contributed by atoms with E-state index in [1.807, 2.05) is 13.8 Å². The highest BCUT2D eigenvalue weighted by molar-refractivity contribution is 5.73. The molecule has 2 bridgehead atoms. The fourth-order valence-electron chi connectivity index (χ4n) is 4.70. The average molecular weight is 383 g/mol. The number of nitrogens with zero attached hydrogens (tertiary/aromatic N) is 1. The Morgan fingerprint density at radius 3 is 2.30 bits per heavy atom. The van der Waals surface area contributed by atoms with Crippen LogP contribution in [0.25, 0.3) is 0 Å². The van der Waals surface area contributed by atoms with Crippen LogP contribution in [-0.4, -0.2) is 67.7 Å². The molecule has 0 saturated carbocycles. The number of carbonyl (C=O) groups is 2. The van der Waals surface area contributed by atoms with Crippen molar-refractivity contribution >= 4 is 11.9 Å². The SMILES string of the molecule is CCOC(=O)CN1[C@@H]2CC(OC3CCCCO3)C[C@H]1CC(C(=O)OCC)C2. The Bertz CT molecular complexity index is 491. The van der Waals surface area contributed by atoms with Crippen LogP contribution in [0.4, 0.5) is 0 Å². The van der Waals surface area contributed by atoms with Gasteiger partial charge in [0.2, 0.25) is 0 Å². The number of esters is 2. The second-order valence-corrected chi connectivity index (χ2v) is 7.73. The van der Waals surface area contributed by atoms with Crippen LogP contribution < -0.4 is 0 Å². The van der Waals surface area contributed by atoms with Crippen LogP contribution in [-0.2, 0) is 28.5 Å². The Labute approximate surface area is 161 Å². The van der Waals surface area contributed by atoms with Gasteiger partial charge in [0.05, 0.1) is 31.8 Å². The molecule has 3 rings (SSSR count). The summed E-state index contributed by atoms with van der Waals surface area (Å²) >= 11 is 0. The molecule has 27 heavy (non-hydrogen) atoms. The van der Waals surface area contributed by atoms with Gasteiger partial charge in [0, 0.05) is 18.7 Å². The highest BCUT2D eigenvalue weighted by atomic mass is 16.7. The maximum absolute atomic E-state index is 12.3. The predicted molar refractivity (Wildman–Crippen MR) is 98.0 cm³/mol. The number of fused-ring (bicyclic) bond motifs is 2. The van der Waals surface area contributed by atoms with Crippen LogP contribution in [0.3, 0.4) is 0 Å². The number of piperidine rings is 2. The molecular formula is C20H33NO6. The van der Waals surface area contributed by atoms with Crippen LogP contribution >= 0.6 is 0 Å².